The van der Waals surface area contributed by atoms with Crippen LogP contribution in [0, 0.1) is 0 Å². The monoisotopic (exact) mass is 321 g/mol. The van der Waals surface area contributed by atoms with Crippen molar-refractivity contribution in [3.63, 3.8) is 0 Å². The molecular formula is C12H8BrN3O3. The molecule has 0 unspecified atom stereocenters. The molecule has 1 heterocycles. The van der Waals surface area contributed by atoms with Crippen molar-refractivity contribution in [3.05, 3.63) is 52.4 Å². The average molecular weight is 322 g/mol. The topological polar surface area (TPSA) is 92.2 Å². The van der Waals surface area contributed by atoms with E-state index in [4.69, 9.17) is 5.11 Å². The Morgan fingerprint density at radius 2 is 1.89 bits per heavy atom. The molecular weight excluding hydrogens is 314 g/mol. The maximum absolute atomic E-state index is 11.9. The number of aromatic carboxylic acids is 1. The predicted octanol–water partition coefficient (Wildman–Crippen LogP) is 2.19. The zero-order valence-corrected chi connectivity index (χ0v) is 11.1. The van der Waals surface area contributed by atoms with Gasteiger partial charge in [-0.3, -0.25) is 4.79 Å². The van der Waals surface area contributed by atoms with Gasteiger partial charge in [0.2, 0.25) is 0 Å². The number of benzene rings is 1. The van der Waals surface area contributed by atoms with E-state index in [9.17, 15) is 9.59 Å². The smallest absolute Gasteiger partial charge is 0.335 e. The fourth-order valence-corrected chi connectivity index (χ4v) is 1.56. The fraction of sp³-hybridized carbons (Fsp3) is 0. The van der Waals surface area contributed by atoms with Gasteiger partial charge in [-0.05, 0) is 34.1 Å². The molecule has 0 fully saturated rings. The lowest BCUT2D eigenvalue weighted by Crippen LogP contribution is -2.13. The highest BCUT2D eigenvalue weighted by atomic mass is 79.9. The molecule has 0 aliphatic heterocycles. The first-order valence-corrected chi connectivity index (χ1v) is 5.98. The number of amides is 1. The molecule has 1 aromatic carbocycles. The molecule has 2 N–H and O–H groups in total. The van der Waals surface area contributed by atoms with Gasteiger partial charge in [0.15, 0.2) is 5.82 Å². The van der Waals surface area contributed by atoms with Gasteiger partial charge in [-0.25, -0.2) is 14.8 Å². The van der Waals surface area contributed by atoms with Crippen molar-refractivity contribution in [1.29, 1.82) is 0 Å². The number of halogens is 1. The number of carbonyl (C=O) groups is 2. The zero-order valence-electron chi connectivity index (χ0n) is 9.50. The highest BCUT2D eigenvalue weighted by Gasteiger charge is 2.10. The molecule has 0 radical (unpaired) electrons. The zero-order chi connectivity index (χ0) is 13.8. The molecule has 0 bridgehead atoms. The van der Waals surface area contributed by atoms with Crippen molar-refractivity contribution in [2.45, 2.75) is 0 Å². The molecule has 2 rings (SSSR count). The maximum Gasteiger partial charge on any atom is 0.335 e. The summed E-state index contributed by atoms with van der Waals surface area (Å²) < 4.78 is 0.554. The Balaban J connectivity index is 2.18. The molecule has 1 aromatic heterocycles. The normalized spacial score (nSPS) is 9.95. The summed E-state index contributed by atoms with van der Waals surface area (Å²) in [6.45, 7) is 0. The number of hydrogen-bond donors (Lipinski definition) is 2. The number of carbonyl (C=O) groups excluding carboxylic acids is 1. The van der Waals surface area contributed by atoms with Crippen LogP contribution >= 0.6 is 15.9 Å². The van der Waals surface area contributed by atoms with Gasteiger partial charge in [0.1, 0.15) is 4.60 Å². The van der Waals surface area contributed by atoms with Crippen molar-refractivity contribution >= 4 is 33.6 Å². The van der Waals surface area contributed by atoms with Crippen LogP contribution in [0.2, 0.25) is 0 Å². The summed E-state index contributed by atoms with van der Waals surface area (Å²) in [5, 5.41) is 11.4. The van der Waals surface area contributed by atoms with E-state index in [1.54, 1.807) is 0 Å². The Morgan fingerprint density at radius 3 is 2.53 bits per heavy atom. The lowest BCUT2D eigenvalue weighted by atomic mass is 10.1. The molecule has 0 atom stereocenters. The number of nitrogens with zero attached hydrogens (tertiary/aromatic N) is 2. The molecule has 2 aromatic rings. The summed E-state index contributed by atoms with van der Waals surface area (Å²) in [4.78, 5) is 30.6. The van der Waals surface area contributed by atoms with E-state index in [1.165, 1.54) is 36.7 Å². The first kappa shape index (κ1) is 13.2. The van der Waals surface area contributed by atoms with E-state index in [2.05, 4.69) is 31.2 Å². The van der Waals surface area contributed by atoms with E-state index < -0.39 is 11.9 Å². The van der Waals surface area contributed by atoms with Crippen LogP contribution in [0.5, 0.6) is 0 Å². The van der Waals surface area contributed by atoms with Crippen LogP contribution in [-0.2, 0) is 0 Å². The Morgan fingerprint density at radius 1 is 1.16 bits per heavy atom. The molecule has 96 valence electrons. The lowest BCUT2D eigenvalue weighted by Gasteiger charge is -2.04. The first-order chi connectivity index (χ1) is 9.06. The van der Waals surface area contributed by atoms with E-state index >= 15 is 0 Å². The highest BCUT2D eigenvalue weighted by molar-refractivity contribution is 9.10. The number of rotatable bonds is 3. The van der Waals surface area contributed by atoms with Crippen LogP contribution in [0.15, 0.2) is 41.3 Å². The largest absolute Gasteiger partial charge is 0.478 e. The Hall–Kier alpha value is -2.28. The van der Waals surface area contributed by atoms with Crippen LogP contribution in [0.3, 0.4) is 0 Å². The van der Waals surface area contributed by atoms with Crippen LogP contribution in [0.4, 0.5) is 5.82 Å². The third-order valence-electron chi connectivity index (χ3n) is 2.23. The van der Waals surface area contributed by atoms with Crippen LogP contribution in [0.25, 0.3) is 0 Å². The summed E-state index contributed by atoms with van der Waals surface area (Å²) in [5.74, 6) is -1.24. The molecule has 1 amide bonds. The summed E-state index contributed by atoms with van der Waals surface area (Å²) in [7, 11) is 0. The van der Waals surface area contributed by atoms with Gasteiger partial charge in [0.25, 0.3) is 5.91 Å². The quantitative estimate of drug-likeness (QED) is 0.904. The number of carboxylic acids is 1. The third-order valence-corrected chi connectivity index (χ3v) is 2.64. The van der Waals surface area contributed by atoms with Gasteiger partial charge >= 0.3 is 5.97 Å². The van der Waals surface area contributed by atoms with Gasteiger partial charge in [-0.1, -0.05) is 6.07 Å². The van der Waals surface area contributed by atoms with Crippen molar-refractivity contribution in [2.24, 2.45) is 0 Å². The van der Waals surface area contributed by atoms with Crippen LogP contribution in [-0.4, -0.2) is 27.0 Å². The molecule has 0 spiro atoms. The summed E-state index contributed by atoms with van der Waals surface area (Å²) in [6, 6.07) is 5.74. The first-order valence-electron chi connectivity index (χ1n) is 5.18. The molecule has 0 aliphatic carbocycles. The number of anilines is 1. The number of nitrogens with one attached hydrogen (secondary N) is 1. The van der Waals surface area contributed by atoms with Gasteiger partial charge in [-0.15, -0.1) is 0 Å². The molecule has 19 heavy (non-hydrogen) atoms. The van der Waals surface area contributed by atoms with Crippen molar-refractivity contribution in [2.75, 3.05) is 5.32 Å². The predicted molar refractivity (Wildman–Crippen MR) is 71.1 cm³/mol. The van der Waals surface area contributed by atoms with Crippen LogP contribution < -0.4 is 5.32 Å². The molecule has 7 heteroatoms. The van der Waals surface area contributed by atoms with Crippen molar-refractivity contribution in [3.8, 4) is 0 Å². The number of carboxylic acid groups (broad SMARTS) is 1. The van der Waals surface area contributed by atoms with E-state index in [0.717, 1.165) is 0 Å². The van der Waals surface area contributed by atoms with Crippen molar-refractivity contribution < 1.29 is 14.7 Å². The standard InChI is InChI=1S/C12H8BrN3O3/c13-9-5-15-10(6-14-9)16-11(17)7-2-1-3-8(4-7)12(18)19/h1-6H,(H,18,19)(H,15,16,17). The number of aromatic nitrogens is 2. The maximum atomic E-state index is 11.9. The Kier molecular flexibility index (Phi) is 3.86. The second-order valence-electron chi connectivity index (χ2n) is 3.56. The molecule has 0 saturated heterocycles. The van der Waals surface area contributed by atoms with Gasteiger partial charge in [-0.2, -0.15) is 0 Å². The van der Waals surface area contributed by atoms with Gasteiger partial charge < -0.3 is 10.4 Å². The summed E-state index contributed by atoms with van der Waals surface area (Å²) in [5.41, 5.74) is 0.291. The Bertz CT molecular complexity index is 628. The second-order valence-corrected chi connectivity index (χ2v) is 4.38. The fourth-order valence-electron chi connectivity index (χ4n) is 1.36. The summed E-state index contributed by atoms with van der Waals surface area (Å²) in [6.07, 6.45) is 2.84. The molecule has 0 saturated carbocycles. The Labute approximate surface area is 116 Å². The SMILES string of the molecule is O=C(O)c1cccc(C(=O)Nc2cnc(Br)cn2)c1. The van der Waals surface area contributed by atoms with E-state index in [0.29, 0.717) is 4.60 Å². The average Bonchev–Trinajstić information content (AvgIpc) is 2.41. The summed E-state index contributed by atoms with van der Waals surface area (Å²) >= 11 is 3.13. The minimum atomic E-state index is -1.09. The van der Waals surface area contributed by atoms with Crippen LogP contribution in [0.1, 0.15) is 20.7 Å². The molecule has 0 aliphatic rings. The second kappa shape index (κ2) is 5.57. The molecule has 6 nitrogen and oxygen atoms in total. The minimum Gasteiger partial charge on any atom is -0.478 e. The highest BCUT2D eigenvalue weighted by Crippen LogP contribution is 2.10. The third kappa shape index (κ3) is 3.35. The lowest BCUT2D eigenvalue weighted by molar-refractivity contribution is 0.0697. The number of hydrogen-bond acceptors (Lipinski definition) is 4. The van der Waals surface area contributed by atoms with Gasteiger partial charge in [0.05, 0.1) is 18.0 Å². The van der Waals surface area contributed by atoms with E-state index in [-0.39, 0.29) is 16.9 Å². The minimum absolute atomic E-state index is 0.0505. The van der Waals surface area contributed by atoms with Crippen molar-refractivity contribution in [1.82, 2.24) is 9.97 Å². The van der Waals surface area contributed by atoms with Gasteiger partial charge in [0, 0.05) is 5.56 Å². The van der Waals surface area contributed by atoms with E-state index in [1.807, 2.05) is 0 Å².